The summed E-state index contributed by atoms with van der Waals surface area (Å²) in [5, 5.41) is 11.4. The van der Waals surface area contributed by atoms with Crippen molar-refractivity contribution >= 4 is 23.1 Å². The highest BCUT2D eigenvalue weighted by Crippen LogP contribution is 2.28. The average molecular weight is 253 g/mol. The topological polar surface area (TPSA) is 55.5 Å². The molecule has 0 aliphatic carbocycles. The van der Waals surface area contributed by atoms with E-state index >= 15 is 0 Å². The molecule has 1 aliphatic heterocycles. The van der Waals surface area contributed by atoms with Gasteiger partial charge in [0.05, 0.1) is 25.2 Å². The number of aliphatic imine (C=N–C) groups is 1. The zero-order valence-electron chi connectivity index (χ0n) is 9.42. The fraction of sp³-hybridized carbons (Fsp3) is 0.182. The Hall–Kier alpha value is -1.72. The molecule has 0 aromatic heterocycles. The molecule has 0 spiro atoms. The molecule has 0 unspecified atom stereocenters. The Balaban J connectivity index is 2.58. The largest absolute Gasteiger partial charge is 0.285 e. The summed E-state index contributed by atoms with van der Waals surface area (Å²) in [6, 6.07) is 4.61. The Morgan fingerprint density at radius 3 is 2.65 bits per heavy atom. The van der Waals surface area contributed by atoms with Crippen LogP contribution in [0.1, 0.15) is 5.56 Å². The van der Waals surface area contributed by atoms with Gasteiger partial charge in [0.1, 0.15) is 11.8 Å². The molecule has 0 radical (unpaired) electrons. The number of benzene rings is 1. The minimum Gasteiger partial charge on any atom is -0.258 e. The van der Waals surface area contributed by atoms with Gasteiger partial charge in [-0.05, 0) is 12.1 Å². The second kappa shape index (κ2) is 3.94. The van der Waals surface area contributed by atoms with Crippen LogP contribution < -0.4 is 0 Å². The summed E-state index contributed by atoms with van der Waals surface area (Å²) in [6.07, 6.45) is 3.50. The lowest BCUT2D eigenvalue weighted by Gasteiger charge is -2.21. The predicted octanol–water partition coefficient (Wildman–Crippen LogP) is 2.56. The summed E-state index contributed by atoms with van der Waals surface area (Å²) in [7, 11) is 3.81. The summed E-state index contributed by atoms with van der Waals surface area (Å²) in [6.45, 7) is 0. The van der Waals surface area contributed by atoms with E-state index in [1.807, 2.05) is 20.3 Å². The van der Waals surface area contributed by atoms with Crippen molar-refractivity contribution in [2.45, 2.75) is 0 Å². The van der Waals surface area contributed by atoms with Crippen LogP contribution >= 0.6 is 11.6 Å². The molecule has 17 heavy (non-hydrogen) atoms. The molecule has 6 heteroatoms. The molecule has 1 aromatic rings. The highest BCUT2D eigenvalue weighted by molar-refractivity contribution is 6.31. The molecule has 0 saturated carbocycles. The van der Waals surface area contributed by atoms with E-state index in [2.05, 4.69) is 4.99 Å². The van der Waals surface area contributed by atoms with Crippen molar-refractivity contribution in [3.63, 3.8) is 0 Å². The van der Waals surface area contributed by atoms with Crippen LogP contribution in [-0.2, 0) is 0 Å². The number of quaternary nitrogens is 1. The van der Waals surface area contributed by atoms with Crippen LogP contribution in [0.3, 0.4) is 0 Å². The smallest absolute Gasteiger partial charge is 0.258 e. The fourth-order valence-electron chi connectivity index (χ4n) is 1.71. The Morgan fingerprint density at radius 2 is 2.12 bits per heavy atom. The first-order chi connectivity index (χ1) is 7.92. The number of nitro benzene ring substituents is 1. The van der Waals surface area contributed by atoms with Crippen LogP contribution in [0.5, 0.6) is 0 Å². The molecule has 0 N–H and O–H groups in total. The van der Waals surface area contributed by atoms with Crippen LogP contribution in [0.15, 0.2) is 35.6 Å². The number of amidine groups is 1. The summed E-state index contributed by atoms with van der Waals surface area (Å²) in [5.41, 5.74) is 0.473. The van der Waals surface area contributed by atoms with Gasteiger partial charge in [0.2, 0.25) is 5.84 Å². The molecule has 0 fully saturated rings. The quantitative estimate of drug-likeness (QED) is 0.461. The summed E-state index contributed by atoms with van der Waals surface area (Å²) < 4.78 is 0.377. The number of hydrogen-bond acceptors (Lipinski definition) is 3. The van der Waals surface area contributed by atoms with Gasteiger partial charge < -0.3 is 0 Å². The highest BCUT2D eigenvalue weighted by Gasteiger charge is 2.32. The molecule has 0 amide bonds. The Kier molecular flexibility index (Phi) is 2.73. The molecule has 0 bridgehead atoms. The van der Waals surface area contributed by atoms with Crippen molar-refractivity contribution in [2.24, 2.45) is 4.99 Å². The van der Waals surface area contributed by atoms with Gasteiger partial charge in [-0.1, -0.05) is 11.6 Å². The van der Waals surface area contributed by atoms with Crippen LogP contribution in [0.2, 0.25) is 5.02 Å². The van der Waals surface area contributed by atoms with Gasteiger partial charge in [0.15, 0.2) is 0 Å². The maximum absolute atomic E-state index is 11.0. The molecule has 88 valence electrons. The molecule has 5 nitrogen and oxygen atoms in total. The van der Waals surface area contributed by atoms with Crippen LogP contribution in [0.4, 0.5) is 5.69 Å². The first-order valence-electron chi connectivity index (χ1n) is 4.96. The van der Waals surface area contributed by atoms with E-state index in [9.17, 15) is 10.1 Å². The summed E-state index contributed by atoms with van der Waals surface area (Å²) in [4.78, 5) is 14.8. The first-order valence-corrected chi connectivity index (χ1v) is 5.34. The van der Waals surface area contributed by atoms with Crippen molar-refractivity contribution < 1.29 is 9.41 Å². The molecular formula is C11H11ClN3O2+. The van der Waals surface area contributed by atoms with E-state index < -0.39 is 4.92 Å². The van der Waals surface area contributed by atoms with Crippen LogP contribution in [-0.4, -0.2) is 29.3 Å². The third-order valence-electron chi connectivity index (χ3n) is 2.58. The van der Waals surface area contributed by atoms with Crippen molar-refractivity contribution in [1.82, 2.24) is 0 Å². The number of nitro groups is 1. The third-order valence-corrected chi connectivity index (χ3v) is 2.81. The van der Waals surface area contributed by atoms with Gasteiger partial charge in [-0.25, -0.2) is 0 Å². The molecule has 1 aromatic carbocycles. The minimum atomic E-state index is -0.442. The van der Waals surface area contributed by atoms with E-state index in [1.54, 1.807) is 18.3 Å². The minimum absolute atomic E-state index is 0.0221. The van der Waals surface area contributed by atoms with Crippen molar-refractivity contribution in [3.8, 4) is 0 Å². The number of nitrogens with zero attached hydrogens (tertiary/aromatic N) is 3. The SMILES string of the molecule is C[N+]1(C)C=CN=C1c1ccc(Cl)cc1[N+](=O)[O-]. The predicted molar refractivity (Wildman–Crippen MR) is 65.9 cm³/mol. The second-order valence-corrected chi connectivity index (χ2v) is 4.65. The second-order valence-electron chi connectivity index (χ2n) is 4.21. The van der Waals surface area contributed by atoms with Crippen molar-refractivity contribution in [1.29, 1.82) is 0 Å². The normalized spacial score (nSPS) is 17.0. The van der Waals surface area contributed by atoms with E-state index in [1.165, 1.54) is 6.07 Å². The number of hydrogen-bond donors (Lipinski definition) is 0. The average Bonchev–Trinajstić information content (AvgIpc) is 2.58. The van der Waals surface area contributed by atoms with E-state index in [4.69, 9.17) is 11.6 Å². The van der Waals surface area contributed by atoms with Gasteiger partial charge in [-0.15, -0.1) is 0 Å². The maximum atomic E-state index is 11.0. The van der Waals surface area contributed by atoms with Crippen LogP contribution in [0, 0.1) is 10.1 Å². The number of halogens is 1. The molecule has 1 heterocycles. The first kappa shape index (κ1) is 11.8. The molecule has 0 atom stereocenters. The molecular weight excluding hydrogens is 242 g/mol. The van der Waals surface area contributed by atoms with E-state index in [0.717, 1.165) is 0 Å². The lowest BCUT2D eigenvalue weighted by Crippen LogP contribution is -2.38. The van der Waals surface area contributed by atoms with Crippen molar-refractivity contribution in [3.05, 3.63) is 51.3 Å². The van der Waals surface area contributed by atoms with Gasteiger partial charge in [0, 0.05) is 11.1 Å². The van der Waals surface area contributed by atoms with Gasteiger partial charge in [0.25, 0.3) is 5.69 Å². The fourth-order valence-corrected chi connectivity index (χ4v) is 1.88. The third kappa shape index (κ3) is 2.07. The standard InChI is InChI=1S/C11H11ClN3O2/c1-15(2)6-5-13-11(15)9-4-3-8(12)7-10(9)14(16)17/h3-7H,1-2H3/q+1. The maximum Gasteiger partial charge on any atom is 0.285 e. The Bertz CT molecular complexity index is 550. The van der Waals surface area contributed by atoms with Gasteiger partial charge >= 0.3 is 0 Å². The highest BCUT2D eigenvalue weighted by atomic mass is 35.5. The van der Waals surface area contributed by atoms with Crippen LogP contribution in [0.25, 0.3) is 0 Å². The number of rotatable bonds is 2. The molecule has 0 saturated heterocycles. The monoisotopic (exact) mass is 252 g/mol. The zero-order valence-corrected chi connectivity index (χ0v) is 10.2. The summed E-state index contributed by atoms with van der Waals surface area (Å²) in [5.74, 6) is 0.633. The molecule has 2 rings (SSSR count). The van der Waals surface area contributed by atoms with Crippen molar-refractivity contribution in [2.75, 3.05) is 14.1 Å². The van der Waals surface area contributed by atoms with E-state index in [-0.39, 0.29) is 5.69 Å². The van der Waals surface area contributed by atoms with Gasteiger partial charge in [-0.2, -0.15) is 4.99 Å². The summed E-state index contributed by atoms with van der Waals surface area (Å²) >= 11 is 5.77. The molecule has 1 aliphatic rings. The lowest BCUT2D eigenvalue weighted by atomic mass is 10.1. The van der Waals surface area contributed by atoms with Gasteiger partial charge in [-0.3, -0.25) is 14.6 Å². The van der Waals surface area contributed by atoms with E-state index in [0.29, 0.717) is 20.9 Å². The lowest BCUT2D eigenvalue weighted by molar-refractivity contribution is -0.739. The Labute approximate surface area is 103 Å². The Morgan fingerprint density at radius 1 is 1.41 bits per heavy atom. The zero-order chi connectivity index (χ0) is 12.6.